The maximum Gasteiger partial charge on any atom is 0.150 e. The molecule has 18 heavy (non-hydrogen) atoms. The number of aliphatic hydroxyl groups is 1. The van der Waals surface area contributed by atoms with Crippen LogP contribution in [0.2, 0.25) is 0 Å². The van der Waals surface area contributed by atoms with Crippen LogP contribution in [0.25, 0.3) is 0 Å². The molecular formula is C12H17FO4S. The lowest BCUT2D eigenvalue weighted by atomic mass is 10.2. The van der Waals surface area contributed by atoms with E-state index < -0.39 is 15.7 Å². The van der Waals surface area contributed by atoms with Crippen LogP contribution in [0, 0.1) is 5.82 Å². The number of ether oxygens (including phenoxy) is 1. The monoisotopic (exact) mass is 276 g/mol. The molecule has 0 aromatic heterocycles. The molecule has 0 saturated carbocycles. The van der Waals surface area contributed by atoms with Crippen LogP contribution in [-0.2, 0) is 16.4 Å². The zero-order chi connectivity index (χ0) is 13.6. The third-order valence-corrected chi connectivity index (χ3v) is 4.21. The number of hydrogen-bond donors (Lipinski definition) is 1. The average molecular weight is 276 g/mol. The van der Waals surface area contributed by atoms with Gasteiger partial charge in [0, 0.05) is 11.8 Å². The summed E-state index contributed by atoms with van der Waals surface area (Å²) < 4.78 is 40.8. The molecule has 0 atom stereocenters. The number of rotatable bonds is 7. The summed E-state index contributed by atoms with van der Waals surface area (Å²) >= 11 is 0. The summed E-state index contributed by atoms with van der Waals surface area (Å²) in [4.78, 5) is 0. The van der Waals surface area contributed by atoms with Crippen LogP contribution in [0.4, 0.5) is 4.39 Å². The van der Waals surface area contributed by atoms with Gasteiger partial charge in [-0.05, 0) is 24.1 Å². The molecule has 102 valence electrons. The van der Waals surface area contributed by atoms with Gasteiger partial charge in [-0.15, -0.1) is 0 Å². The lowest BCUT2D eigenvalue weighted by Gasteiger charge is -2.07. The third-order valence-electron chi connectivity index (χ3n) is 2.42. The van der Waals surface area contributed by atoms with Gasteiger partial charge >= 0.3 is 0 Å². The van der Waals surface area contributed by atoms with E-state index in [0.29, 0.717) is 17.7 Å². The van der Waals surface area contributed by atoms with Gasteiger partial charge in [0.1, 0.15) is 21.4 Å². The number of hydrogen-bond acceptors (Lipinski definition) is 4. The molecule has 0 bridgehead atoms. The summed E-state index contributed by atoms with van der Waals surface area (Å²) in [5.41, 5.74) is 0.422. The van der Waals surface area contributed by atoms with Gasteiger partial charge in [0.2, 0.25) is 0 Å². The van der Waals surface area contributed by atoms with E-state index in [1.54, 1.807) is 6.92 Å². The SMILES string of the molecule is CCS(=O)(=O)CCCOc1cc(F)cc(CO)c1. The van der Waals surface area contributed by atoms with E-state index in [-0.39, 0.29) is 24.7 Å². The second kappa shape index (κ2) is 6.70. The van der Waals surface area contributed by atoms with Gasteiger partial charge in [-0.25, -0.2) is 12.8 Å². The molecule has 0 aliphatic heterocycles. The Kier molecular flexibility index (Phi) is 5.55. The highest BCUT2D eigenvalue weighted by atomic mass is 32.2. The number of halogens is 1. The van der Waals surface area contributed by atoms with Crippen molar-refractivity contribution >= 4 is 9.84 Å². The molecule has 1 aromatic rings. The van der Waals surface area contributed by atoms with Crippen LogP contribution in [-0.4, -0.2) is 31.6 Å². The largest absolute Gasteiger partial charge is 0.493 e. The van der Waals surface area contributed by atoms with Crippen molar-refractivity contribution in [3.8, 4) is 5.75 Å². The van der Waals surface area contributed by atoms with Crippen molar-refractivity contribution in [1.29, 1.82) is 0 Å². The standard InChI is InChI=1S/C12H17FO4S/c1-2-18(15,16)5-3-4-17-12-7-10(9-14)6-11(13)8-12/h6-8,14H,2-5,9H2,1H3. The molecule has 1 N–H and O–H groups in total. The van der Waals surface area contributed by atoms with Crippen molar-refractivity contribution in [2.45, 2.75) is 20.0 Å². The quantitative estimate of drug-likeness (QED) is 0.767. The van der Waals surface area contributed by atoms with Gasteiger partial charge in [0.05, 0.1) is 19.0 Å². The first-order chi connectivity index (χ1) is 8.46. The predicted octanol–water partition coefficient (Wildman–Crippen LogP) is 1.52. The van der Waals surface area contributed by atoms with Gasteiger partial charge in [-0.2, -0.15) is 0 Å². The Morgan fingerprint density at radius 1 is 1.33 bits per heavy atom. The zero-order valence-corrected chi connectivity index (χ0v) is 11.0. The number of aliphatic hydroxyl groups excluding tert-OH is 1. The minimum Gasteiger partial charge on any atom is -0.493 e. The lowest BCUT2D eigenvalue weighted by molar-refractivity contribution is 0.278. The molecule has 0 radical (unpaired) electrons. The minimum absolute atomic E-state index is 0.0612. The summed E-state index contributed by atoms with van der Waals surface area (Å²) in [6, 6.07) is 3.94. The lowest BCUT2D eigenvalue weighted by Crippen LogP contribution is -2.11. The van der Waals surface area contributed by atoms with Crippen LogP contribution in [0.5, 0.6) is 5.75 Å². The fraction of sp³-hybridized carbons (Fsp3) is 0.500. The highest BCUT2D eigenvalue weighted by Gasteiger charge is 2.07. The highest BCUT2D eigenvalue weighted by Crippen LogP contribution is 2.16. The summed E-state index contributed by atoms with van der Waals surface area (Å²) in [5, 5.41) is 8.90. The molecule has 0 saturated heterocycles. The van der Waals surface area contributed by atoms with Crippen LogP contribution in [0.1, 0.15) is 18.9 Å². The molecule has 4 nitrogen and oxygen atoms in total. The van der Waals surface area contributed by atoms with Gasteiger partial charge in [-0.3, -0.25) is 0 Å². The van der Waals surface area contributed by atoms with Crippen LogP contribution < -0.4 is 4.74 Å². The normalized spacial score (nSPS) is 11.5. The molecule has 0 fully saturated rings. The smallest absolute Gasteiger partial charge is 0.150 e. The van der Waals surface area contributed by atoms with E-state index in [4.69, 9.17) is 9.84 Å². The van der Waals surface area contributed by atoms with Crippen molar-refractivity contribution in [2.75, 3.05) is 18.1 Å². The Morgan fingerprint density at radius 2 is 2.06 bits per heavy atom. The van der Waals surface area contributed by atoms with E-state index in [1.165, 1.54) is 18.2 Å². The van der Waals surface area contributed by atoms with Gasteiger partial charge < -0.3 is 9.84 Å². The second-order valence-corrected chi connectivity index (χ2v) is 6.36. The molecule has 0 aliphatic carbocycles. The third kappa shape index (κ3) is 5.01. The van der Waals surface area contributed by atoms with Gasteiger partial charge in [0.25, 0.3) is 0 Å². The number of benzene rings is 1. The first kappa shape index (κ1) is 14.9. The molecule has 0 heterocycles. The van der Waals surface area contributed by atoms with E-state index >= 15 is 0 Å². The molecule has 0 unspecified atom stereocenters. The Bertz CT molecular complexity index is 485. The first-order valence-electron chi connectivity index (χ1n) is 5.70. The molecule has 1 rings (SSSR count). The Hall–Kier alpha value is -1.14. The molecule has 0 spiro atoms. The van der Waals surface area contributed by atoms with E-state index in [9.17, 15) is 12.8 Å². The van der Waals surface area contributed by atoms with E-state index in [1.807, 2.05) is 0 Å². The molecule has 0 aliphatic rings. The van der Waals surface area contributed by atoms with Gasteiger partial charge in [-0.1, -0.05) is 6.92 Å². The van der Waals surface area contributed by atoms with E-state index in [0.717, 1.165) is 0 Å². The summed E-state index contributed by atoms with van der Waals surface area (Å²) in [5.74, 6) is -0.0153. The summed E-state index contributed by atoms with van der Waals surface area (Å²) in [6.45, 7) is 1.53. The number of sulfone groups is 1. The maximum atomic E-state index is 13.1. The van der Waals surface area contributed by atoms with Crippen molar-refractivity contribution in [2.24, 2.45) is 0 Å². The van der Waals surface area contributed by atoms with Crippen molar-refractivity contribution in [3.05, 3.63) is 29.6 Å². The zero-order valence-electron chi connectivity index (χ0n) is 10.2. The Balaban J connectivity index is 2.47. The van der Waals surface area contributed by atoms with Crippen molar-refractivity contribution in [3.63, 3.8) is 0 Å². The molecule has 1 aromatic carbocycles. The summed E-state index contributed by atoms with van der Waals surface area (Å²) in [6.07, 6.45) is 0.362. The van der Waals surface area contributed by atoms with E-state index in [2.05, 4.69) is 0 Å². The first-order valence-corrected chi connectivity index (χ1v) is 7.52. The van der Waals surface area contributed by atoms with Crippen LogP contribution in [0.15, 0.2) is 18.2 Å². The minimum atomic E-state index is -2.99. The molecular weight excluding hydrogens is 259 g/mol. The Labute approximate surface area is 106 Å². The second-order valence-electron chi connectivity index (χ2n) is 3.89. The van der Waals surface area contributed by atoms with Gasteiger partial charge in [0.15, 0.2) is 0 Å². The summed E-state index contributed by atoms with van der Waals surface area (Å²) in [7, 11) is -2.99. The van der Waals surface area contributed by atoms with Crippen molar-refractivity contribution < 1.29 is 22.7 Å². The highest BCUT2D eigenvalue weighted by molar-refractivity contribution is 7.91. The topological polar surface area (TPSA) is 63.6 Å². The maximum absolute atomic E-state index is 13.1. The fourth-order valence-electron chi connectivity index (χ4n) is 1.41. The fourth-order valence-corrected chi connectivity index (χ4v) is 2.25. The molecule has 0 amide bonds. The molecule has 6 heteroatoms. The van der Waals surface area contributed by atoms with Crippen molar-refractivity contribution in [1.82, 2.24) is 0 Å². The Morgan fingerprint density at radius 3 is 2.67 bits per heavy atom. The van der Waals surface area contributed by atoms with Crippen LogP contribution in [0.3, 0.4) is 0 Å². The van der Waals surface area contributed by atoms with Crippen LogP contribution >= 0.6 is 0 Å². The average Bonchev–Trinajstić information content (AvgIpc) is 2.34. The predicted molar refractivity (Wildman–Crippen MR) is 66.8 cm³/mol.